The number of amides is 1. The quantitative estimate of drug-likeness (QED) is 0.827. The lowest BCUT2D eigenvalue weighted by Gasteiger charge is -2.30. The summed E-state index contributed by atoms with van der Waals surface area (Å²) in [6.07, 6.45) is 5.29. The second-order valence-electron chi connectivity index (χ2n) is 5.54. The largest absolute Gasteiger partial charge is 0.396 e. The van der Waals surface area contributed by atoms with Crippen molar-refractivity contribution in [3.8, 4) is 0 Å². The Labute approximate surface area is 114 Å². The Hall–Kier alpha value is -0.620. The van der Waals surface area contributed by atoms with Gasteiger partial charge >= 0.3 is 0 Å². The molecule has 0 bridgehead atoms. The Bertz CT molecular complexity index is 420. The Morgan fingerprint density at radius 3 is 2.68 bits per heavy atom. The van der Waals surface area contributed by atoms with Crippen molar-refractivity contribution in [2.75, 3.05) is 18.9 Å². The fourth-order valence-corrected chi connectivity index (χ4v) is 5.03. The van der Waals surface area contributed by atoms with E-state index >= 15 is 0 Å². The first-order valence-corrected chi connectivity index (χ1v) is 8.90. The lowest BCUT2D eigenvalue weighted by atomic mass is 10.1. The van der Waals surface area contributed by atoms with E-state index in [0.29, 0.717) is 25.8 Å². The minimum absolute atomic E-state index is 0.122. The smallest absolute Gasteiger partial charge is 0.241 e. The van der Waals surface area contributed by atoms with Gasteiger partial charge in [0.05, 0.1) is 5.75 Å². The average molecular weight is 289 g/mol. The minimum Gasteiger partial charge on any atom is -0.396 e. The van der Waals surface area contributed by atoms with Crippen molar-refractivity contribution in [3.63, 3.8) is 0 Å². The maximum absolute atomic E-state index is 12.5. The van der Waals surface area contributed by atoms with Crippen molar-refractivity contribution in [1.82, 2.24) is 4.90 Å². The first-order chi connectivity index (χ1) is 9.06. The first kappa shape index (κ1) is 14.8. The van der Waals surface area contributed by atoms with Gasteiger partial charge in [0.25, 0.3) is 0 Å². The highest BCUT2D eigenvalue weighted by molar-refractivity contribution is 7.92. The Morgan fingerprint density at radius 1 is 1.21 bits per heavy atom. The van der Waals surface area contributed by atoms with Gasteiger partial charge in [-0.05, 0) is 38.5 Å². The molecule has 0 aliphatic carbocycles. The van der Waals surface area contributed by atoms with Crippen LogP contribution in [-0.2, 0) is 14.6 Å². The zero-order valence-corrected chi connectivity index (χ0v) is 12.1. The average Bonchev–Trinajstić information content (AvgIpc) is 2.83. The van der Waals surface area contributed by atoms with Crippen molar-refractivity contribution in [1.29, 1.82) is 0 Å². The van der Waals surface area contributed by atoms with Gasteiger partial charge in [0.1, 0.15) is 5.25 Å². The number of aliphatic hydroxyl groups is 1. The molecule has 1 amide bonds. The lowest BCUT2D eigenvalue weighted by molar-refractivity contribution is -0.131. The van der Waals surface area contributed by atoms with Crippen LogP contribution < -0.4 is 0 Å². The molecule has 0 aromatic rings. The van der Waals surface area contributed by atoms with Crippen LogP contribution in [0.3, 0.4) is 0 Å². The van der Waals surface area contributed by atoms with E-state index in [1.165, 1.54) is 0 Å². The SMILES string of the molecule is O=C(C1CCCCS1(=O)=O)N1CCCC1CCCO. The van der Waals surface area contributed by atoms with E-state index in [9.17, 15) is 13.2 Å². The molecule has 6 heteroatoms. The molecular weight excluding hydrogens is 266 g/mol. The number of aliphatic hydroxyl groups excluding tert-OH is 1. The molecule has 1 N–H and O–H groups in total. The number of likely N-dealkylation sites (tertiary alicyclic amines) is 1. The van der Waals surface area contributed by atoms with Crippen molar-refractivity contribution < 1.29 is 18.3 Å². The zero-order chi connectivity index (χ0) is 13.9. The zero-order valence-electron chi connectivity index (χ0n) is 11.3. The number of carbonyl (C=O) groups excluding carboxylic acids is 1. The molecular formula is C13H23NO4S. The Morgan fingerprint density at radius 2 is 2.00 bits per heavy atom. The molecule has 0 aromatic heterocycles. The van der Waals surface area contributed by atoms with E-state index in [0.717, 1.165) is 25.7 Å². The molecule has 5 nitrogen and oxygen atoms in total. The summed E-state index contributed by atoms with van der Waals surface area (Å²) in [7, 11) is -3.24. The predicted octanol–water partition coefficient (Wildman–Crippen LogP) is 0.717. The summed E-state index contributed by atoms with van der Waals surface area (Å²) < 4.78 is 24.0. The van der Waals surface area contributed by atoms with E-state index in [-0.39, 0.29) is 24.3 Å². The summed E-state index contributed by atoms with van der Waals surface area (Å²) in [6.45, 7) is 0.793. The molecule has 0 aromatic carbocycles. The predicted molar refractivity (Wildman–Crippen MR) is 72.5 cm³/mol. The van der Waals surface area contributed by atoms with Crippen LogP contribution in [0.5, 0.6) is 0 Å². The van der Waals surface area contributed by atoms with Crippen LogP contribution in [0.1, 0.15) is 44.9 Å². The molecule has 0 radical (unpaired) electrons. The van der Waals surface area contributed by atoms with E-state index in [4.69, 9.17) is 5.11 Å². The fraction of sp³-hybridized carbons (Fsp3) is 0.923. The number of nitrogens with zero attached hydrogens (tertiary/aromatic N) is 1. The summed E-state index contributed by atoms with van der Waals surface area (Å²) in [4.78, 5) is 14.2. The number of rotatable bonds is 4. The molecule has 2 heterocycles. The van der Waals surface area contributed by atoms with Crippen LogP contribution >= 0.6 is 0 Å². The van der Waals surface area contributed by atoms with Gasteiger partial charge in [-0.2, -0.15) is 0 Å². The molecule has 2 aliphatic rings. The van der Waals surface area contributed by atoms with Crippen molar-refractivity contribution in [3.05, 3.63) is 0 Å². The highest BCUT2D eigenvalue weighted by Gasteiger charge is 2.40. The van der Waals surface area contributed by atoms with Gasteiger partial charge < -0.3 is 10.0 Å². The summed E-state index contributed by atoms with van der Waals surface area (Å²) in [5.41, 5.74) is 0. The molecule has 2 saturated heterocycles. The molecule has 0 saturated carbocycles. The van der Waals surface area contributed by atoms with Crippen molar-refractivity contribution in [2.45, 2.75) is 56.2 Å². The lowest BCUT2D eigenvalue weighted by Crippen LogP contribution is -2.47. The Kier molecular flexibility index (Phi) is 4.84. The third-order valence-electron chi connectivity index (χ3n) is 4.21. The fourth-order valence-electron chi connectivity index (χ4n) is 3.17. The van der Waals surface area contributed by atoms with Gasteiger partial charge in [-0.25, -0.2) is 8.42 Å². The van der Waals surface area contributed by atoms with Crippen LogP contribution in [-0.4, -0.2) is 54.5 Å². The molecule has 2 rings (SSSR count). The summed E-state index contributed by atoms with van der Waals surface area (Å²) in [5, 5.41) is 8.07. The Balaban J connectivity index is 2.05. The molecule has 2 unspecified atom stereocenters. The van der Waals surface area contributed by atoms with Gasteiger partial charge in [0.15, 0.2) is 9.84 Å². The summed E-state index contributed by atoms with van der Waals surface area (Å²) in [6, 6.07) is 0.122. The second-order valence-corrected chi connectivity index (χ2v) is 7.85. The second kappa shape index (κ2) is 6.22. The van der Waals surface area contributed by atoms with Gasteiger partial charge in [-0.1, -0.05) is 6.42 Å². The van der Waals surface area contributed by atoms with Gasteiger partial charge in [0.2, 0.25) is 5.91 Å². The van der Waals surface area contributed by atoms with Crippen molar-refractivity contribution >= 4 is 15.7 Å². The minimum atomic E-state index is -3.24. The number of hydrogen-bond acceptors (Lipinski definition) is 4. The third-order valence-corrected chi connectivity index (χ3v) is 6.37. The number of hydrogen-bond donors (Lipinski definition) is 1. The van der Waals surface area contributed by atoms with E-state index in [1.807, 2.05) is 0 Å². The van der Waals surface area contributed by atoms with E-state index < -0.39 is 15.1 Å². The highest BCUT2D eigenvalue weighted by atomic mass is 32.2. The molecule has 19 heavy (non-hydrogen) atoms. The van der Waals surface area contributed by atoms with Crippen LogP contribution in [0, 0.1) is 0 Å². The summed E-state index contributed by atoms with van der Waals surface area (Å²) in [5.74, 6) is -0.0430. The van der Waals surface area contributed by atoms with Gasteiger partial charge in [0, 0.05) is 19.2 Å². The normalized spacial score (nSPS) is 30.5. The third kappa shape index (κ3) is 3.28. The summed E-state index contributed by atoms with van der Waals surface area (Å²) >= 11 is 0. The highest BCUT2D eigenvalue weighted by Crippen LogP contribution is 2.27. The molecule has 2 aliphatic heterocycles. The van der Waals surface area contributed by atoms with Crippen LogP contribution in [0.2, 0.25) is 0 Å². The van der Waals surface area contributed by atoms with Crippen molar-refractivity contribution in [2.24, 2.45) is 0 Å². The molecule has 2 atom stereocenters. The molecule has 0 spiro atoms. The van der Waals surface area contributed by atoms with Crippen LogP contribution in [0.25, 0.3) is 0 Å². The maximum atomic E-state index is 12.5. The first-order valence-electron chi connectivity index (χ1n) is 7.19. The monoisotopic (exact) mass is 289 g/mol. The van der Waals surface area contributed by atoms with E-state index in [2.05, 4.69) is 0 Å². The maximum Gasteiger partial charge on any atom is 0.241 e. The topological polar surface area (TPSA) is 74.7 Å². The molecule has 110 valence electrons. The number of carbonyl (C=O) groups is 1. The number of sulfone groups is 1. The standard InChI is InChI=1S/C13H23NO4S/c15-9-4-6-11-5-3-8-14(11)13(16)12-7-1-2-10-19(12,17)18/h11-12,15H,1-10H2. The van der Waals surface area contributed by atoms with Gasteiger partial charge in [-0.3, -0.25) is 4.79 Å². The van der Waals surface area contributed by atoms with Crippen LogP contribution in [0.15, 0.2) is 0 Å². The van der Waals surface area contributed by atoms with E-state index in [1.54, 1.807) is 4.90 Å². The van der Waals surface area contributed by atoms with Crippen LogP contribution in [0.4, 0.5) is 0 Å². The van der Waals surface area contributed by atoms with Gasteiger partial charge in [-0.15, -0.1) is 0 Å². The molecule has 2 fully saturated rings.